The predicted octanol–water partition coefficient (Wildman–Crippen LogP) is 2.76. The summed E-state index contributed by atoms with van der Waals surface area (Å²) >= 11 is 0. The molecule has 0 aliphatic carbocycles. The van der Waals surface area contributed by atoms with Crippen LogP contribution in [0.1, 0.15) is 22.3 Å². The largest absolute Gasteiger partial charge is 0.493 e. The normalized spacial score (nSPS) is 9.50. The van der Waals surface area contributed by atoms with Crippen molar-refractivity contribution in [3.8, 4) is 5.75 Å². The molecule has 0 aliphatic heterocycles. The fraction of sp³-hybridized carbons (Fsp3) is 0.250. The van der Waals surface area contributed by atoms with Gasteiger partial charge in [0.25, 0.3) is 0 Å². The Balaban J connectivity index is 2.73. The molecular weight excluding hydrogens is 176 g/mol. The minimum atomic E-state index is 0.604. The molecule has 2 nitrogen and oxygen atoms in total. The van der Waals surface area contributed by atoms with Crippen LogP contribution in [0.3, 0.4) is 0 Å². The first-order chi connectivity index (χ1) is 6.77. The number of aryl methyl sites for hydroxylation is 1. The van der Waals surface area contributed by atoms with E-state index in [4.69, 9.17) is 4.74 Å². The van der Waals surface area contributed by atoms with Gasteiger partial charge >= 0.3 is 0 Å². The minimum absolute atomic E-state index is 0.604. The van der Waals surface area contributed by atoms with Crippen molar-refractivity contribution in [3.05, 3.63) is 42.0 Å². The molecule has 0 aliphatic rings. The summed E-state index contributed by atoms with van der Waals surface area (Å²) in [6, 6.07) is 5.42. The molecule has 74 valence electrons. The number of benzene rings is 1. The average molecular weight is 190 g/mol. The monoisotopic (exact) mass is 190 g/mol. The number of ether oxygens (including phenoxy) is 1. The van der Waals surface area contributed by atoms with Crippen molar-refractivity contribution in [1.29, 1.82) is 0 Å². The Bertz CT molecular complexity index is 329. The van der Waals surface area contributed by atoms with E-state index >= 15 is 0 Å². The van der Waals surface area contributed by atoms with E-state index in [2.05, 4.69) is 6.58 Å². The summed E-state index contributed by atoms with van der Waals surface area (Å²) in [5, 5.41) is 0. The van der Waals surface area contributed by atoms with Gasteiger partial charge in [-0.15, -0.1) is 6.58 Å². The van der Waals surface area contributed by atoms with Crippen LogP contribution in [-0.4, -0.2) is 12.9 Å². The van der Waals surface area contributed by atoms with Crippen LogP contribution in [-0.2, 0) is 0 Å². The van der Waals surface area contributed by atoms with Gasteiger partial charge in [0.05, 0.1) is 6.61 Å². The summed E-state index contributed by atoms with van der Waals surface area (Å²) in [5.41, 5.74) is 1.68. The quantitative estimate of drug-likeness (QED) is 0.405. The maximum absolute atomic E-state index is 10.5. The highest BCUT2D eigenvalue weighted by atomic mass is 16.5. The summed E-state index contributed by atoms with van der Waals surface area (Å²) < 4.78 is 5.49. The molecule has 0 heterocycles. The number of rotatable bonds is 5. The third kappa shape index (κ3) is 2.73. The molecule has 0 saturated heterocycles. The summed E-state index contributed by atoms with van der Waals surface area (Å²) in [5.74, 6) is 0.774. The Kier molecular flexibility index (Phi) is 3.92. The summed E-state index contributed by atoms with van der Waals surface area (Å²) in [6.45, 7) is 6.17. The van der Waals surface area contributed by atoms with Crippen LogP contribution in [0.15, 0.2) is 30.9 Å². The molecule has 14 heavy (non-hydrogen) atoms. The fourth-order valence-corrected chi connectivity index (χ4v) is 1.10. The van der Waals surface area contributed by atoms with Crippen LogP contribution < -0.4 is 4.74 Å². The SMILES string of the molecule is C=CCCOc1cc(C=O)ccc1C. The highest BCUT2D eigenvalue weighted by molar-refractivity contribution is 5.75. The van der Waals surface area contributed by atoms with Gasteiger partial charge in [-0.2, -0.15) is 0 Å². The van der Waals surface area contributed by atoms with Gasteiger partial charge in [0.1, 0.15) is 12.0 Å². The van der Waals surface area contributed by atoms with E-state index in [1.165, 1.54) is 0 Å². The molecule has 0 saturated carbocycles. The Morgan fingerprint density at radius 2 is 2.29 bits per heavy atom. The van der Waals surface area contributed by atoms with E-state index in [1.807, 2.05) is 13.0 Å². The molecule has 2 heteroatoms. The van der Waals surface area contributed by atoms with Crippen LogP contribution in [0.25, 0.3) is 0 Å². The molecule has 0 bridgehead atoms. The van der Waals surface area contributed by atoms with E-state index < -0.39 is 0 Å². The molecule has 0 amide bonds. The number of carbonyl (C=O) groups excluding carboxylic acids is 1. The van der Waals surface area contributed by atoms with Crippen molar-refractivity contribution in [2.24, 2.45) is 0 Å². The molecule has 0 unspecified atom stereocenters. The maximum atomic E-state index is 10.5. The highest BCUT2D eigenvalue weighted by Gasteiger charge is 2.00. The van der Waals surface area contributed by atoms with Crippen molar-refractivity contribution in [2.75, 3.05) is 6.61 Å². The summed E-state index contributed by atoms with van der Waals surface area (Å²) in [7, 11) is 0. The molecule has 0 fully saturated rings. The van der Waals surface area contributed by atoms with Crippen molar-refractivity contribution >= 4 is 6.29 Å². The van der Waals surface area contributed by atoms with Gasteiger partial charge in [0.15, 0.2) is 0 Å². The molecule has 0 spiro atoms. The van der Waals surface area contributed by atoms with Crippen molar-refractivity contribution in [3.63, 3.8) is 0 Å². The van der Waals surface area contributed by atoms with E-state index in [1.54, 1.807) is 18.2 Å². The lowest BCUT2D eigenvalue weighted by Crippen LogP contribution is -1.98. The topological polar surface area (TPSA) is 26.3 Å². The first kappa shape index (κ1) is 10.5. The summed E-state index contributed by atoms with van der Waals surface area (Å²) in [4.78, 5) is 10.5. The Labute approximate surface area is 84.2 Å². The van der Waals surface area contributed by atoms with E-state index in [-0.39, 0.29) is 0 Å². The fourth-order valence-electron chi connectivity index (χ4n) is 1.10. The first-order valence-electron chi connectivity index (χ1n) is 4.57. The molecule has 0 radical (unpaired) electrons. The molecule has 0 N–H and O–H groups in total. The number of aldehydes is 1. The maximum Gasteiger partial charge on any atom is 0.150 e. The second kappa shape index (κ2) is 5.22. The lowest BCUT2D eigenvalue weighted by molar-refractivity contribution is 0.112. The summed E-state index contributed by atoms with van der Waals surface area (Å²) in [6.07, 6.45) is 3.43. The molecule has 0 atom stereocenters. The molecule has 0 aromatic heterocycles. The second-order valence-corrected chi connectivity index (χ2v) is 3.07. The van der Waals surface area contributed by atoms with Crippen LogP contribution in [0, 0.1) is 6.92 Å². The van der Waals surface area contributed by atoms with Gasteiger partial charge in [0, 0.05) is 5.56 Å². The molecule has 1 rings (SSSR count). The van der Waals surface area contributed by atoms with Crippen LogP contribution >= 0.6 is 0 Å². The van der Waals surface area contributed by atoms with Crippen molar-refractivity contribution in [1.82, 2.24) is 0 Å². The molecular formula is C12H14O2. The van der Waals surface area contributed by atoms with Crippen LogP contribution in [0.2, 0.25) is 0 Å². The van der Waals surface area contributed by atoms with Gasteiger partial charge in [0.2, 0.25) is 0 Å². The van der Waals surface area contributed by atoms with Gasteiger partial charge in [-0.1, -0.05) is 18.2 Å². The smallest absolute Gasteiger partial charge is 0.150 e. The van der Waals surface area contributed by atoms with Gasteiger partial charge in [-0.25, -0.2) is 0 Å². The third-order valence-corrected chi connectivity index (χ3v) is 1.93. The number of hydrogen-bond acceptors (Lipinski definition) is 2. The first-order valence-corrected chi connectivity index (χ1v) is 4.57. The third-order valence-electron chi connectivity index (χ3n) is 1.93. The average Bonchev–Trinajstić information content (AvgIpc) is 2.21. The van der Waals surface area contributed by atoms with E-state index in [0.717, 1.165) is 24.0 Å². The standard InChI is InChI=1S/C12H14O2/c1-3-4-7-14-12-8-11(9-13)6-5-10(12)2/h3,5-6,8-9H,1,4,7H2,2H3. The molecule has 1 aromatic carbocycles. The zero-order valence-corrected chi connectivity index (χ0v) is 8.32. The van der Waals surface area contributed by atoms with Crippen LogP contribution in [0.4, 0.5) is 0 Å². The zero-order valence-electron chi connectivity index (χ0n) is 8.32. The minimum Gasteiger partial charge on any atom is -0.493 e. The predicted molar refractivity (Wildman–Crippen MR) is 56.9 cm³/mol. The van der Waals surface area contributed by atoms with E-state index in [9.17, 15) is 4.79 Å². The van der Waals surface area contributed by atoms with Crippen LogP contribution in [0.5, 0.6) is 5.75 Å². The van der Waals surface area contributed by atoms with E-state index in [0.29, 0.717) is 12.2 Å². The Morgan fingerprint density at radius 1 is 1.50 bits per heavy atom. The van der Waals surface area contributed by atoms with Gasteiger partial charge < -0.3 is 4.74 Å². The highest BCUT2D eigenvalue weighted by Crippen LogP contribution is 2.18. The number of carbonyl (C=O) groups is 1. The number of hydrogen-bond donors (Lipinski definition) is 0. The van der Waals surface area contributed by atoms with Crippen molar-refractivity contribution < 1.29 is 9.53 Å². The Hall–Kier alpha value is -1.57. The zero-order chi connectivity index (χ0) is 10.4. The lowest BCUT2D eigenvalue weighted by atomic mass is 10.1. The second-order valence-electron chi connectivity index (χ2n) is 3.07. The lowest BCUT2D eigenvalue weighted by Gasteiger charge is -2.07. The van der Waals surface area contributed by atoms with Crippen molar-refractivity contribution in [2.45, 2.75) is 13.3 Å². The molecule has 1 aromatic rings. The van der Waals surface area contributed by atoms with Gasteiger partial charge in [-0.05, 0) is 25.0 Å². The Morgan fingerprint density at radius 3 is 2.93 bits per heavy atom. The van der Waals surface area contributed by atoms with Gasteiger partial charge in [-0.3, -0.25) is 4.79 Å².